The maximum absolute atomic E-state index is 2.33. The Balaban J connectivity index is 1.68. The molecule has 0 radical (unpaired) electrons. The first-order valence-corrected chi connectivity index (χ1v) is 10.9. The first-order chi connectivity index (χ1) is 15.4. The van der Waals surface area contributed by atoms with Crippen LogP contribution in [0.5, 0.6) is 0 Å². The quantitative estimate of drug-likeness (QED) is 0.263. The molecule has 0 unspecified atom stereocenters. The first-order valence-electron chi connectivity index (χ1n) is 10.9. The predicted octanol–water partition coefficient (Wildman–Crippen LogP) is 8.31. The molecule has 0 aromatic heterocycles. The summed E-state index contributed by atoms with van der Waals surface area (Å²) in [6, 6.07) is 42.4. The van der Waals surface area contributed by atoms with E-state index in [1.54, 1.807) is 0 Å². The van der Waals surface area contributed by atoms with Crippen LogP contribution in [0.4, 0.5) is 0 Å². The van der Waals surface area contributed by atoms with E-state index in [-0.39, 0.29) is 5.92 Å². The van der Waals surface area contributed by atoms with Crippen molar-refractivity contribution in [1.82, 2.24) is 0 Å². The summed E-state index contributed by atoms with van der Waals surface area (Å²) in [6.45, 7) is 0. The van der Waals surface area contributed by atoms with Gasteiger partial charge in [0.15, 0.2) is 0 Å². The molecule has 6 aromatic carbocycles. The molecule has 144 valence electrons. The maximum Gasteiger partial charge on any atom is 0.0370 e. The fourth-order valence-corrected chi connectivity index (χ4v) is 5.64. The van der Waals surface area contributed by atoms with E-state index in [9.17, 15) is 0 Å². The van der Waals surface area contributed by atoms with Gasteiger partial charge in [0.25, 0.3) is 0 Å². The normalized spacial score (nSPS) is 13.0. The summed E-state index contributed by atoms with van der Waals surface area (Å²) in [5.74, 6) is 0.216. The van der Waals surface area contributed by atoms with Crippen LogP contribution in [0.3, 0.4) is 0 Å². The molecule has 0 N–H and O–H groups in total. The van der Waals surface area contributed by atoms with Crippen LogP contribution in [0.1, 0.15) is 22.6 Å². The summed E-state index contributed by atoms with van der Waals surface area (Å²) in [5, 5.41) is 7.98. The zero-order valence-corrected chi connectivity index (χ0v) is 17.0. The van der Waals surface area contributed by atoms with Crippen molar-refractivity contribution in [3.63, 3.8) is 0 Å². The summed E-state index contributed by atoms with van der Waals surface area (Å²) in [6.07, 6.45) is 0. The van der Waals surface area contributed by atoms with Crippen molar-refractivity contribution in [3.8, 4) is 11.1 Å². The highest BCUT2D eigenvalue weighted by molar-refractivity contribution is 6.04. The lowest BCUT2D eigenvalue weighted by Gasteiger charge is -2.20. The van der Waals surface area contributed by atoms with Gasteiger partial charge in [0.1, 0.15) is 0 Å². The molecule has 1 aliphatic carbocycles. The number of fused-ring (bicyclic) bond motifs is 8. The Morgan fingerprint density at radius 3 is 1.39 bits per heavy atom. The molecule has 1 aliphatic rings. The molecule has 0 spiro atoms. The Bertz CT molecular complexity index is 1550. The van der Waals surface area contributed by atoms with E-state index in [2.05, 4.69) is 115 Å². The lowest BCUT2D eigenvalue weighted by Crippen LogP contribution is -2.02. The number of benzene rings is 6. The van der Waals surface area contributed by atoms with Crippen molar-refractivity contribution < 1.29 is 0 Å². The topological polar surface area (TPSA) is 0 Å². The van der Waals surface area contributed by atoms with Crippen LogP contribution >= 0.6 is 0 Å². The third kappa shape index (κ3) is 2.30. The average Bonchev–Trinajstić information content (AvgIpc) is 3.19. The summed E-state index contributed by atoms with van der Waals surface area (Å²) >= 11 is 0. The molecule has 0 saturated heterocycles. The second-order valence-corrected chi connectivity index (χ2v) is 8.50. The van der Waals surface area contributed by atoms with E-state index in [1.807, 2.05) is 0 Å². The zero-order chi connectivity index (χ0) is 20.4. The third-order valence-electron chi connectivity index (χ3n) is 6.94. The molecule has 7 rings (SSSR count). The van der Waals surface area contributed by atoms with Crippen LogP contribution in [0.15, 0.2) is 115 Å². The van der Waals surface area contributed by atoms with Crippen LogP contribution in [0.2, 0.25) is 0 Å². The Kier molecular flexibility index (Phi) is 3.42. The smallest absolute Gasteiger partial charge is 0.0370 e. The highest BCUT2D eigenvalue weighted by atomic mass is 14.4. The first kappa shape index (κ1) is 16.8. The molecule has 0 aliphatic heterocycles. The Morgan fingerprint density at radius 2 is 0.806 bits per heavy atom. The average molecular weight is 393 g/mol. The van der Waals surface area contributed by atoms with E-state index in [0.29, 0.717) is 0 Å². The summed E-state index contributed by atoms with van der Waals surface area (Å²) in [4.78, 5) is 0. The number of rotatable bonds is 1. The van der Waals surface area contributed by atoms with Crippen molar-refractivity contribution in [2.45, 2.75) is 5.92 Å². The van der Waals surface area contributed by atoms with E-state index in [0.717, 1.165) is 0 Å². The van der Waals surface area contributed by atoms with Crippen LogP contribution in [0.25, 0.3) is 43.4 Å². The standard InChI is InChI=1S/C31H20/c1-4-12-23-20(8-1)11-7-15-26(23)31-29-24-13-5-2-9-21(24)16-18-27(29)28-19-17-22-10-3-6-14-25(22)30(28)31/h1-19,31H. The second kappa shape index (κ2) is 6.30. The van der Waals surface area contributed by atoms with Gasteiger partial charge in [-0.3, -0.25) is 0 Å². The maximum atomic E-state index is 2.33. The van der Waals surface area contributed by atoms with Crippen LogP contribution in [0, 0.1) is 0 Å². The van der Waals surface area contributed by atoms with Gasteiger partial charge in [-0.25, -0.2) is 0 Å². The molecule has 0 fully saturated rings. The molecule has 0 heterocycles. The molecule has 0 amide bonds. The van der Waals surface area contributed by atoms with Crippen molar-refractivity contribution in [2.75, 3.05) is 0 Å². The molecule has 0 atom stereocenters. The number of hydrogen-bond donors (Lipinski definition) is 0. The molecule has 6 aromatic rings. The Labute approximate surface area is 181 Å². The summed E-state index contributed by atoms with van der Waals surface area (Å²) in [7, 11) is 0. The van der Waals surface area contributed by atoms with E-state index in [1.165, 1.54) is 60.1 Å². The minimum atomic E-state index is 0.216. The van der Waals surface area contributed by atoms with Crippen molar-refractivity contribution in [1.29, 1.82) is 0 Å². The highest BCUT2D eigenvalue weighted by Crippen LogP contribution is 2.53. The van der Waals surface area contributed by atoms with Crippen molar-refractivity contribution in [3.05, 3.63) is 132 Å². The Morgan fingerprint density at radius 1 is 0.355 bits per heavy atom. The van der Waals surface area contributed by atoms with Crippen molar-refractivity contribution >= 4 is 32.3 Å². The van der Waals surface area contributed by atoms with Crippen LogP contribution < -0.4 is 0 Å². The lowest BCUT2D eigenvalue weighted by atomic mass is 9.83. The second-order valence-electron chi connectivity index (χ2n) is 8.50. The molecule has 0 bridgehead atoms. The SMILES string of the molecule is c1ccc2c(C3c4c(ccc5ccccc45)-c4ccc5ccccc5c43)cccc2c1. The zero-order valence-electron chi connectivity index (χ0n) is 17.0. The molecule has 0 nitrogen and oxygen atoms in total. The van der Waals surface area contributed by atoms with Crippen LogP contribution in [-0.2, 0) is 0 Å². The minimum absolute atomic E-state index is 0.216. The van der Waals surface area contributed by atoms with Gasteiger partial charge in [0.2, 0.25) is 0 Å². The summed E-state index contributed by atoms with van der Waals surface area (Å²) < 4.78 is 0. The van der Waals surface area contributed by atoms with Gasteiger partial charge in [0.05, 0.1) is 0 Å². The minimum Gasteiger partial charge on any atom is -0.0616 e. The highest BCUT2D eigenvalue weighted by Gasteiger charge is 2.33. The van der Waals surface area contributed by atoms with Crippen LogP contribution in [-0.4, -0.2) is 0 Å². The molecular formula is C31H20. The molecular weight excluding hydrogens is 372 g/mol. The predicted molar refractivity (Wildman–Crippen MR) is 132 cm³/mol. The molecule has 0 heteroatoms. The van der Waals surface area contributed by atoms with E-state index < -0.39 is 0 Å². The van der Waals surface area contributed by atoms with Crippen molar-refractivity contribution in [2.24, 2.45) is 0 Å². The van der Waals surface area contributed by atoms with Gasteiger partial charge >= 0.3 is 0 Å². The lowest BCUT2D eigenvalue weighted by molar-refractivity contribution is 1.05. The third-order valence-corrected chi connectivity index (χ3v) is 6.94. The Hall–Kier alpha value is -3.90. The van der Waals surface area contributed by atoms with Gasteiger partial charge < -0.3 is 0 Å². The summed E-state index contributed by atoms with van der Waals surface area (Å²) in [5.41, 5.74) is 7.03. The number of hydrogen-bond acceptors (Lipinski definition) is 0. The molecule has 0 saturated carbocycles. The van der Waals surface area contributed by atoms with Gasteiger partial charge in [-0.05, 0) is 60.1 Å². The van der Waals surface area contributed by atoms with Gasteiger partial charge in [0, 0.05) is 5.92 Å². The fraction of sp³-hybridized carbons (Fsp3) is 0.0323. The van der Waals surface area contributed by atoms with E-state index in [4.69, 9.17) is 0 Å². The largest absolute Gasteiger partial charge is 0.0616 e. The van der Waals surface area contributed by atoms with Gasteiger partial charge in [-0.1, -0.05) is 115 Å². The van der Waals surface area contributed by atoms with Gasteiger partial charge in [-0.2, -0.15) is 0 Å². The van der Waals surface area contributed by atoms with Gasteiger partial charge in [-0.15, -0.1) is 0 Å². The molecule has 31 heavy (non-hydrogen) atoms. The monoisotopic (exact) mass is 392 g/mol. The van der Waals surface area contributed by atoms with E-state index >= 15 is 0 Å². The fourth-order valence-electron chi connectivity index (χ4n) is 5.64.